The third-order valence-electron chi connectivity index (χ3n) is 4.45. The number of ether oxygens (including phenoxy) is 2. The van der Waals surface area contributed by atoms with Gasteiger partial charge in [-0.1, -0.05) is 13.8 Å². The predicted octanol–water partition coefficient (Wildman–Crippen LogP) is -0.0175. The SMILES string of the molecule is CC(C)C(=O)OC1[C@@]2(CCl)O[C@@H](n3ccc(N)nc3=O)[C@H](F)[C@@]12O. The lowest BCUT2D eigenvalue weighted by molar-refractivity contribution is -0.160. The number of nitrogens with two attached hydrogens (primary N) is 1. The highest BCUT2D eigenvalue weighted by molar-refractivity contribution is 6.19. The second-order valence-corrected chi connectivity index (χ2v) is 6.54. The summed E-state index contributed by atoms with van der Waals surface area (Å²) >= 11 is 5.86. The summed E-state index contributed by atoms with van der Waals surface area (Å²) in [4.78, 5) is 27.1. The smallest absolute Gasteiger partial charge is 0.351 e. The Hall–Kier alpha value is -1.71. The molecule has 1 aliphatic carbocycles. The first-order chi connectivity index (χ1) is 11.2. The lowest BCUT2D eigenvalue weighted by atomic mass is 10.1. The quantitative estimate of drug-likeness (QED) is 0.572. The first kappa shape index (κ1) is 17.1. The van der Waals surface area contributed by atoms with E-state index in [9.17, 15) is 19.1 Å². The summed E-state index contributed by atoms with van der Waals surface area (Å²) in [6, 6.07) is 1.30. The monoisotopic (exact) mass is 361 g/mol. The van der Waals surface area contributed by atoms with Gasteiger partial charge in [0.15, 0.2) is 29.7 Å². The van der Waals surface area contributed by atoms with E-state index >= 15 is 0 Å². The zero-order valence-corrected chi connectivity index (χ0v) is 13.7. The van der Waals surface area contributed by atoms with Crippen molar-refractivity contribution in [2.24, 2.45) is 5.92 Å². The Bertz CT molecular complexity index is 739. The van der Waals surface area contributed by atoms with Crippen molar-refractivity contribution in [3.05, 3.63) is 22.7 Å². The number of carbonyl (C=O) groups excluding carboxylic acids is 1. The zero-order valence-electron chi connectivity index (χ0n) is 13.0. The Morgan fingerprint density at radius 2 is 2.33 bits per heavy atom. The van der Waals surface area contributed by atoms with Gasteiger partial charge in [-0.3, -0.25) is 9.36 Å². The maximum absolute atomic E-state index is 14.9. The number of alkyl halides is 2. The Morgan fingerprint density at radius 1 is 1.67 bits per heavy atom. The maximum Gasteiger partial charge on any atom is 0.351 e. The van der Waals surface area contributed by atoms with Crippen molar-refractivity contribution < 1.29 is 23.8 Å². The molecular weight excluding hydrogens is 345 g/mol. The lowest BCUT2D eigenvalue weighted by Crippen LogP contribution is -2.39. The predicted molar refractivity (Wildman–Crippen MR) is 81.0 cm³/mol. The van der Waals surface area contributed by atoms with E-state index in [1.165, 1.54) is 12.3 Å². The number of nitrogens with zero attached hydrogens (tertiary/aromatic N) is 2. The molecule has 0 spiro atoms. The van der Waals surface area contributed by atoms with Crippen molar-refractivity contribution in [1.29, 1.82) is 0 Å². The van der Waals surface area contributed by atoms with Crippen LogP contribution in [0.3, 0.4) is 0 Å². The highest BCUT2D eigenvalue weighted by Crippen LogP contribution is 2.65. The van der Waals surface area contributed by atoms with E-state index in [1.807, 2.05) is 0 Å². The summed E-state index contributed by atoms with van der Waals surface area (Å²) in [6.07, 6.45) is -3.50. The Labute approximate surface area is 141 Å². The van der Waals surface area contributed by atoms with Crippen molar-refractivity contribution in [3.63, 3.8) is 0 Å². The fraction of sp³-hybridized carbons (Fsp3) is 0.643. The van der Waals surface area contributed by atoms with Crippen molar-refractivity contribution in [2.45, 2.75) is 43.6 Å². The number of hydrogen-bond donors (Lipinski definition) is 2. The van der Waals surface area contributed by atoms with Crippen LogP contribution >= 0.6 is 11.6 Å². The topological polar surface area (TPSA) is 117 Å². The van der Waals surface area contributed by atoms with Gasteiger partial charge in [0.05, 0.1) is 11.8 Å². The number of rotatable bonds is 4. The molecule has 1 aromatic rings. The van der Waals surface area contributed by atoms with E-state index in [1.54, 1.807) is 13.8 Å². The molecule has 0 bridgehead atoms. The second kappa shape index (κ2) is 5.40. The van der Waals surface area contributed by atoms with Gasteiger partial charge in [-0.15, -0.1) is 11.6 Å². The van der Waals surface area contributed by atoms with Crippen molar-refractivity contribution in [1.82, 2.24) is 9.55 Å². The number of hydrogen-bond acceptors (Lipinski definition) is 7. The van der Waals surface area contributed by atoms with E-state index in [-0.39, 0.29) is 11.7 Å². The molecule has 0 aromatic carbocycles. The molecule has 5 atom stereocenters. The molecule has 1 unspecified atom stereocenters. The van der Waals surface area contributed by atoms with Crippen LogP contribution in [0.5, 0.6) is 0 Å². The fourth-order valence-electron chi connectivity index (χ4n) is 2.97. The molecule has 2 heterocycles. The highest BCUT2D eigenvalue weighted by Gasteiger charge is 2.90. The normalized spacial score (nSPS) is 37.3. The minimum Gasteiger partial charge on any atom is -0.456 e. The first-order valence-corrected chi connectivity index (χ1v) is 7.88. The summed E-state index contributed by atoms with van der Waals surface area (Å²) in [5.74, 6) is -1.40. The molecule has 8 nitrogen and oxygen atoms in total. The Balaban J connectivity index is 1.89. The van der Waals surface area contributed by atoms with Crippen molar-refractivity contribution >= 4 is 23.4 Å². The van der Waals surface area contributed by atoms with E-state index in [0.29, 0.717) is 0 Å². The lowest BCUT2D eigenvalue weighted by Gasteiger charge is -2.23. The van der Waals surface area contributed by atoms with Crippen LogP contribution in [0.2, 0.25) is 0 Å². The number of fused-ring (bicyclic) bond motifs is 1. The first-order valence-electron chi connectivity index (χ1n) is 7.34. The van der Waals surface area contributed by atoms with Crippen LogP contribution in [0, 0.1) is 5.92 Å². The summed E-state index contributed by atoms with van der Waals surface area (Å²) in [7, 11) is 0. The molecule has 1 aromatic heterocycles. The summed E-state index contributed by atoms with van der Waals surface area (Å²) in [6.45, 7) is 3.21. The van der Waals surface area contributed by atoms with Crippen LogP contribution in [-0.4, -0.2) is 50.0 Å². The second-order valence-electron chi connectivity index (χ2n) is 6.27. The molecule has 3 rings (SSSR count). The standard InChI is InChI=1S/C14H17ClFN3O5/c1-6(2)10(20)23-11-13(5-15)14(11,22)8(16)9(24-13)19-4-3-7(17)18-12(19)21/h3-4,6,8-9,11,22H,5H2,1-2H3,(H2,17,18,21)/t8-,9+,11?,13+,14+/m0/s1. The van der Waals surface area contributed by atoms with Crippen LogP contribution in [0.4, 0.5) is 10.2 Å². The molecule has 132 valence electrons. The van der Waals surface area contributed by atoms with Crippen LogP contribution in [0.25, 0.3) is 0 Å². The molecule has 1 saturated carbocycles. The molecule has 0 amide bonds. The summed E-state index contributed by atoms with van der Waals surface area (Å²) in [5, 5.41) is 10.6. The highest BCUT2D eigenvalue weighted by atomic mass is 35.5. The molecular formula is C14H17ClFN3O5. The molecule has 24 heavy (non-hydrogen) atoms. The average molecular weight is 362 g/mol. The van der Waals surface area contributed by atoms with Gasteiger partial charge in [0.2, 0.25) is 0 Å². The number of esters is 1. The van der Waals surface area contributed by atoms with E-state index in [4.69, 9.17) is 26.8 Å². The molecule has 2 fully saturated rings. The van der Waals surface area contributed by atoms with Crippen LogP contribution in [0.1, 0.15) is 20.1 Å². The maximum atomic E-state index is 14.9. The summed E-state index contributed by atoms with van der Waals surface area (Å²) < 4.78 is 26.4. The number of halogens is 2. The van der Waals surface area contributed by atoms with E-state index < -0.39 is 47.3 Å². The van der Waals surface area contributed by atoms with Gasteiger partial charge in [0, 0.05) is 6.20 Å². The number of nitrogen functional groups attached to an aromatic ring is 1. The van der Waals surface area contributed by atoms with Crippen LogP contribution < -0.4 is 11.4 Å². The average Bonchev–Trinajstić information content (AvgIpc) is 2.93. The minimum absolute atomic E-state index is 0.0238. The van der Waals surface area contributed by atoms with Gasteiger partial charge in [-0.25, -0.2) is 9.18 Å². The third kappa shape index (κ3) is 2.08. The van der Waals surface area contributed by atoms with Gasteiger partial charge in [-0.2, -0.15) is 4.98 Å². The van der Waals surface area contributed by atoms with Gasteiger partial charge in [0.1, 0.15) is 5.82 Å². The minimum atomic E-state index is -2.12. The van der Waals surface area contributed by atoms with E-state index in [0.717, 1.165) is 4.57 Å². The fourth-order valence-corrected chi connectivity index (χ4v) is 3.39. The number of aromatic nitrogens is 2. The number of anilines is 1. The zero-order chi connectivity index (χ0) is 17.9. The van der Waals surface area contributed by atoms with Gasteiger partial charge >= 0.3 is 11.7 Å². The largest absolute Gasteiger partial charge is 0.456 e. The molecule has 2 aliphatic rings. The van der Waals surface area contributed by atoms with Gasteiger partial charge < -0.3 is 20.3 Å². The molecule has 1 saturated heterocycles. The number of carbonyl (C=O) groups is 1. The Morgan fingerprint density at radius 3 is 2.83 bits per heavy atom. The molecule has 3 N–H and O–H groups in total. The van der Waals surface area contributed by atoms with Crippen LogP contribution in [-0.2, 0) is 14.3 Å². The van der Waals surface area contributed by atoms with E-state index in [2.05, 4.69) is 4.98 Å². The van der Waals surface area contributed by atoms with Crippen molar-refractivity contribution in [2.75, 3.05) is 11.6 Å². The van der Waals surface area contributed by atoms with Gasteiger partial charge in [0.25, 0.3) is 0 Å². The third-order valence-corrected chi connectivity index (χ3v) is 4.85. The molecule has 0 radical (unpaired) electrons. The summed E-state index contributed by atoms with van der Waals surface area (Å²) in [5.41, 5.74) is 0.840. The van der Waals surface area contributed by atoms with Crippen molar-refractivity contribution in [3.8, 4) is 0 Å². The molecule has 10 heteroatoms. The van der Waals surface area contributed by atoms with Crippen LogP contribution in [0.15, 0.2) is 17.1 Å². The number of aliphatic hydroxyl groups is 1. The van der Waals surface area contributed by atoms with Gasteiger partial charge in [-0.05, 0) is 6.07 Å². The Kier molecular flexibility index (Phi) is 3.85. The molecule has 1 aliphatic heterocycles.